The number of hydrogen-bond donors (Lipinski definition) is 1. The van der Waals surface area contributed by atoms with Crippen molar-refractivity contribution in [2.24, 2.45) is 0 Å². The van der Waals surface area contributed by atoms with Crippen molar-refractivity contribution in [2.45, 2.75) is 13.8 Å². The molecule has 0 bridgehead atoms. The predicted molar refractivity (Wildman–Crippen MR) is 112 cm³/mol. The second-order valence-corrected chi connectivity index (χ2v) is 8.76. The molecule has 3 aromatic rings. The van der Waals surface area contributed by atoms with Crippen LogP contribution in [0.5, 0.6) is 5.75 Å². The molecular formula is C19H22N4O3S2. The molecule has 3 heterocycles. The first kappa shape index (κ1) is 18.9. The Morgan fingerprint density at radius 3 is 2.75 bits per heavy atom. The summed E-state index contributed by atoms with van der Waals surface area (Å²) in [6, 6.07) is 3.92. The van der Waals surface area contributed by atoms with Crippen LogP contribution < -0.4 is 10.1 Å². The van der Waals surface area contributed by atoms with E-state index in [2.05, 4.69) is 10.3 Å². The van der Waals surface area contributed by atoms with Gasteiger partial charge >= 0.3 is 6.03 Å². The zero-order valence-electron chi connectivity index (χ0n) is 15.9. The molecule has 0 unspecified atom stereocenters. The summed E-state index contributed by atoms with van der Waals surface area (Å²) in [6.07, 6.45) is 0. The first-order chi connectivity index (χ1) is 13.6. The van der Waals surface area contributed by atoms with E-state index < -0.39 is 0 Å². The van der Waals surface area contributed by atoms with E-state index in [4.69, 9.17) is 4.74 Å². The van der Waals surface area contributed by atoms with E-state index in [9.17, 15) is 9.59 Å². The summed E-state index contributed by atoms with van der Waals surface area (Å²) in [5.74, 6) is 0.668. The van der Waals surface area contributed by atoms with Crippen LogP contribution in [0.2, 0.25) is 0 Å². The van der Waals surface area contributed by atoms with Crippen molar-refractivity contribution in [3.8, 4) is 5.75 Å². The van der Waals surface area contributed by atoms with Crippen molar-refractivity contribution in [3.05, 3.63) is 22.5 Å². The topological polar surface area (TPSA) is 74.8 Å². The molecule has 3 amide bonds. The zero-order valence-corrected chi connectivity index (χ0v) is 17.5. The second kappa shape index (κ2) is 7.92. The summed E-state index contributed by atoms with van der Waals surface area (Å²) in [6.45, 7) is 6.62. The number of fused-ring (bicyclic) bond motifs is 3. The molecule has 1 N–H and O–H groups in total. The average molecular weight is 419 g/mol. The Balaban J connectivity index is 1.41. The maximum atomic E-state index is 12.6. The number of nitrogens with zero attached hydrogens (tertiary/aromatic N) is 3. The number of nitrogens with one attached hydrogen (secondary N) is 1. The number of ether oxygens (including phenoxy) is 1. The Kier molecular flexibility index (Phi) is 5.36. The lowest BCUT2D eigenvalue weighted by Crippen LogP contribution is -2.53. The van der Waals surface area contributed by atoms with Gasteiger partial charge in [0.15, 0.2) is 6.61 Å². The highest BCUT2D eigenvalue weighted by atomic mass is 32.1. The molecule has 1 aromatic carbocycles. The van der Waals surface area contributed by atoms with Crippen LogP contribution in [0.25, 0.3) is 20.3 Å². The molecule has 1 saturated heterocycles. The molecule has 2 aromatic heterocycles. The fourth-order valence-corrected chi connectivity index (χ4v) is 5.19. The maximum Gasteiger partial charge on any atom is 0.317 e. The van der Waals surface area contributed by atoms with Crippen LogP contribution in [0.15, 0.2) is 17.5 Å². The molecule has 7 nitrogen and oxygen atoms in total. The maximum absolute atomic E-state index is 12.6. The number of aromatic nitrogens is 1. The summed E-state index contributed by atoms with van der Waals surface area (Å²) in [7, 11) is 0. The van der Waals surface area contributed by atoms with E-state index in [0.29, 0.717) is 32.7 Å². The molecule has 1 fully saturated rings. The zero-order chi connectivity index (χ0) is 19.7. The van der Waals surface area contributed by atoms with E-state index in [-0.39, 0.29) is 18.5 Å². The number of thiazole rings is 1. The number of piperazine rings is 1. The SMILES string of the molecule is CCNC(=O)N1CCN(C(=O)COc2cc3sc(C)nc3c3sccc23)CC1. The Labute approximate surface area is 170 Å². The highest BCUT2D eigenvalue weighted by Crippen LogP contribution is 2.38. The van der Waals surface area contributed by atoms with Crippen LogP contribution in [-0.4, -0.2) is 66.1 Å². The summed E-state index contributed by atoms with van der Waals surface area (Å²) in [5.41, 5.74) is 1.01. The standard InChI is InChI=1S/C19H22N4O3S2/c1-3-20-19(25)23-7-5-22(6-8-23)16(24)11-26-14-10-15-17(21-12(2)28-15)18-13(14)4-9-27-18/h4,9-10H,3,5-8,11H2,1-2H3,(H,20,25). The Bertz CT molecular complexity index is 1020. The smallest absolute Gasteiger partial charge is 0.317 e. The van der Waals surface area contributed by atoms with Crippen LogP contribution in [0.3, 0.4) is 0 Å². The van der Waals surface area contributed by atoms with Crippen LogP contribution in [0.1, 0.15) is 11.9 Å². The fourth-order valence-electron chi connectivity index (χ4n) is 3.36. The molecule has 0 saturated carbocycles. The number of aryl methyl sites for hydroxylation is 1. The minimum absolute atomic E-state index is 0.00457. The molecule has 0 radical (unpaired) electrons. The molecule has 9 heteroatoms. The van der Waals surface area contributed by atoms with Gasteiger partial charge in [0.1, 0.15) is 5.75 Å². The van der Waals surface area contributed by atoms with Crippen molar-refractivity contribution in [1.82, 2.24) is 20.1 Å². The lowest BCUT2D eigenvalue weighted by molar-refractivity contribution is -0.134. The highest BCUT2D eigenvalue weighted by molar-refractivity contribution is 7.21. The summed E-state index contributed by atoms with van der Waals surface area (Å²) in [5, 5.41) is 6.83. The van der Waals surface area contributed by atoms with Gasteiger partial charge in [-0.3, -0.25) is 4.79 Å². The lowest BCUT2D eigenvalue weighted by atomic mass is 10.2. The first-order valence-electron chi connectivity index (χ1n) is 9.27. The molecule has 0 aliphatic carbocycles. The minimum Gasteiger partial charge on any atom is -0.483 e. The van der Waals surface area contributed by atoms with Gasteiger partial charge in [0, 0.05) is 44.2 Å². The second-order valence-electron chi connectivity index (χ2n) is 6.61. The number of urea groups is 1. The van der Waals surface area contributed by atoms with Crippen molar-refractivity contribution in [3.63, 3.8) is 0 Å². The van der Waals surface area contributed by atoms with Gasteiger partial charge in [-0.05, 0) is 25.3 Å². The van der Waals surface area contributed by atoms with Crippen LogP contribution in [-0.2, 0) is 4.79 Å². The lowest BCUT2D eigenvalue weighted by Gasteiger charge is -2.34. The molecular weight excluding hydrogens is 396 g/mol. The van der Waals surface area contributed by atoms with Gasteiger partial charge in [-0.2, -0.15) is 0 Å². The van der Waals surface area contributed by atoms with Crippen LogP contribution in [0.4, 0.5) is 4.79 Å². The van der Waals surface area contributed by atoms with E-state index >= 15 is 0 Å². The number of amides is 3. The molecule has 4 rings (SSSR count). The van der Waals surface area contributed by atoms with Gasteiger partial charge in [0.2, 0.25) is 0 Å². The Hall–Kier alpha value is -2.39. The van der Waals surface area contributed by atoms with Crippen LogP contribution in [0, 0.1) is 6.92 Å². The van der Waals surface area contributed by atoms with E-state index in [0.717, 1.165) is 31.1 Å². The normalized spacial score (nSPS) is 14.6. The quantitative estimate of drug-likeness (QED) is 0.707. The molecule has 28 heavy (non-hydrogen) atoms. The van der Waals surface area contributed by atoms with Gasteiger partial charge in [-0.25, -0.2) is 9.78 Å². The monoisotopic (exact) mass is 418 g/mol. The van der Waals surface area contributed by atoms with Crippen molar-refractivity contribution in [2.75, 3.05) is 39.3 Å². The number of rotatable bonds is 4. The minimum atomic E-state index is -0.0705. The van der Waals surface area contributed by atoms with Gasteiger partial charge in [0.25, 0.3) is 5.91 Å². The van der Waals surface area contributed by atoms with Crippen molar-refractivity contribution in [1.29, 1.82) is 0 Å². The molecule has 1 aliphatic heterocycles. The number of benzene rings is 1. The number of hydrogen-bond acceptors (Lipinski definition) is 6. The third kappa shape index (κ3) is 3.64. The number of carbonyl (C=O) groups is 2. The van der Waals surface area contributed by atoms with E-state index in [1.54, 1.807) is 32.5 Å². The van der Waals surface area contributed by atoms with Gasteiger partial charge < -0.3 is 19.9 Å². The molecule has 1 aliphatic rings. The summed E-state index contributed by atoms with van der Waals surface area (Å²) in [4.78, 5) is 32.6. The van der Waals surface area contributed by atoms with Crippen molar-refractivity contribution >= 4 is 54.9 Å². The van der Waals surface area contributed by atoms with Crippen LogP contribution >= 0.6 is 22.7 Å². The summed E-state index contributed by atoms with van der Waals surface area (Å²) >= 11 is 3.27. The van der Waals surface area contributed by atoms with Gasteiger partial charge in [-0.1, -0.05) is 0 Å². The average Bonchev–Trinajstić information content (AvgIpc) is 3.32. The molecule has 148 valence electrons. The summed E-state index contributed by atoms with van der Waals surface area (Å²) < 4.78 is 8.10. The third-order valence-electron chi connectivity index (χ3n) is 4.77. The Morgan fingerprint density at radius 1 is 1.25 bits per heavy atom. The fraction of sp³-hybridized carbons (Fsp3) is 0.421. The van der Waals surface area contributed by atoms with E-state index in [1.165, 1.54) is 0 Å². The first-order valence-corrected chi connectivity index (χ1v) is 11.0. The predicted octanol–water partition coefficient (Wildman–Crippen LogP) is 3.07. The van der Waals surface area contributed by atoms with Crippen molar-refractivity contribution < 1.29 is 14.3 Å². The Morgan fingerprint density at radius 2 is 2.00 bits per heavy atom. The molecule has 0 atom stereocenters. The van der Waals surface area contributed by atoms with E-state index in [1.807, 2.05) is 31.4 Å². The molecule has 0 spiro atoms. The van der Waals surface area contributed by atoms with Gasteiger partial charge in [0.05, 0.1) is 19.9 Å². The number of thiophene rings is 1. The number of carbonyl (C=O) groups excluding carboxylic acids is 2. The van der Waals surface area contributed by atoms with Gasteiger partial charge in [-0.15, -0.1) is 22.7 Å². The third-order valence-corrected chi connectivity index (χ3v) is 6.61. The largest absolute Gasteiger partial charge is 0.483 e. The highest BCUT2D eigenvalue weighted by Gasteiger charge is 2.24.